The first-order chi connectivity index (χ1) is 14.2. The van der Waals surface area contributed by atoms with E-state index < -0.39 is 24.1 Å². The van der Waals surface area contributed by atoms with Gasteiger partial charge in [-0.3, -0.25) is 4.79 Å². The minimum absolute atomic E-state index is 0.199. The molecule has 2 aliphatic heterocycles. The Bertz CT molecular complexity index is 967. The third-order valence-electron chi connectivity index (χ3n) is 6.40. The van der Waals surface area contributed by atoms with Crippen LogP contribution in [0, 0.1) is 5.82 Å². The second-order valence-corrected chi connectivity index (χ2v) is 9.00. The molecule has 0 aliphatic carbocycles. The Morgan fingerprint density at radius 3 is 2.53 bits per heavy atom. The van der Waals surface area contributed by atoms with E-state index in [0.717, 1.165) is 19.3 Å². The van der Waals surface area contributed by atoms with Crippen molar-refractivity contribution in [1.29, 1.82) is 0 Å². The summed E-state index contributed by atoms with van der Waals surface area (Å²) in [6.45, 7) is 9.15. The maximum atomic E-state index is 15.3. The normalized spacial score (nSPS) is 23.2. The van der Waals surface area contributed by atoms with Gasteiger partial charge in [0.05, 0.1) is 23.2 Å². The predicted molar refractivity (Wildman–Crippen MR) is 113 cm³/mol. The fourth-order valence-corrected chi connectivity index (χ4v) is 3.80. The van der Waals surface area contributed by atoms with E-state index in [4.69, 9.17) is 18.8 Å². The summed E-state index contributed by atoms with van der Waals surface area (Å²) in [5, 5.41) is 0.587. The zero-order chi connectivity index (χ0) is 21.5. The van der Waals surface area contributed by atoms with Crippen LogP contribution in [0.25, 0.3) is 10.8 Å². The molecule has 2 saturated heterocycles. The van der Waals surface area contributed by atoms with E-state index in [0.29, 0.717) is 30.6 Å². The van der Waals surface area contributed by atoms with E-state index in [9.17, 15) is 4.79 Å². The summed E-state index contributed by atoms with van der Waals surface area (Å²) in [6, 6.07) is 4.85. The van der Waals surface area contributed by atoms with Crippen molar-refractivity contribution in [3.8, 4) is 0 Å². The van der Waals surface area contributed by atoms with Gasteiger partial charge in [-0.05, 0) is 59.1 Å². The average molecular weight is 417 g/mol. The number of hydrogen-bond acceptors (Lipinski definition) is 5. The number of halogens is 1. The summed E-state index contributed by atoms with van der Waals surface area (Å²) in [4.78, 5) is 12.8. The van der Waals surface area contributed by atoms with E-state index in [1.54, 1.807) is 29.0 Å². The standard InChI is InChI=1S/C22H29BFNO5/c1-21(2)22(3,4)30-23(29-21)17-9-8-16-15(19(17)24)10-11-25(20(16)26)12-14-28-18-7-5-6-13-27-18/h8-11,18H,5-7,12-14H2,1-4H3. The quantitative estimate of drug-likeness (QED) is 0.701. The number of nitrogens with zero attached hydrogens (tertiary/aromatic N) is 1. The lowest BCUT2D eigenvalue weighted by atomic mass is 9.77. The molecule has 1 atom stereocenters. The molecular formula is C22H29BFNO5. The molecule has 30 heavy (non-hydrogen) atoms. The van der Waals surface area contributed by atoms with Gasteiger partial charge in [0.1, 0.15) is 5.82 Å². The third-order valence-corrected chi connectivity index (χ3v) is 6.40. The highest BCUT2D eigenvalue weighted by atomic mass is 19.1. The topological polar surface area (TPSA) is 58.9 Å². The van der Waals surface area contributed by atoms with Crippen molar-refractivity contribution in [2.45, 2.75) is 71.0 Å². The van der Waals surface area contributed by atoms with Gasteiger partial charge in [0.2, 0.25) is 0 Å². The second kappa shape index (κ2) is 8.07. The molecule has 1 unspecified atom stereocenters. The first kappa shape index (κ1) is 21.5. The van der Waals surface area contributed by atoms with Crippen molar-refractivity contribution in [3.63, 3.8) is 0 Å². The first-order valence-electron chi connectivity index (χ1n) is 10.6. The molecule has 8 heteroatoms. The van der Waals surface area contributed by atoms with Crippen LogP contribution in [-0.4, -0.2) is 42.4 Å². The molecule has 2 fully saturated rings. The monoisotopic (exact) mass is 417 g/mol. The van der Waals surface area contributed by atoms with Crippen LogP contribution in [-0.2, 0) is 25.3 Å². The molecule has 0 saturated carbocycles. The van der Waals surface area contributed by atoms with Crippen LogP contribution in [0.5, 0.6) is 0 Å². The highest BCUT2D eigenvalue weighted by molar-refractivity contribution is 6.62. The highest BCUT2D eigenvalue weighted by Gasteiger charge is 2.52. The zero-order valence-electron chi connectivity index (χ0n) is 18.1. The second-order valence-electron chi connectivity index (χ2n) is 9.00. The van der Waals surface area contributed by atoms with Crippen molar-refractivity contribution < 1.29 is 23.2 Å². The molecule has 0 spiro atoms. The van der Waals surface area contributed by atoms with Gasteiger partial charge in [-0.15, -0.1) is 0 Å². The minimum Gasteiger partial charge on any atom is -0.399 e. The molecule has 0 bridgehead atoms. The van der Waals surface area contributed by atoms with Gasteiger partial charge in [-0.2, -0.15) is 0 Å². The number of pyridine rings is 1. The van der Waals surface area contributed by atoms with Crippen LogP contribution >= 0.6 is 0 Å². The van der Waals surface area contributed by atoms with Crippen LogP contribution in [0.15, 0.2) is 29.2 Å². The van der Waals surface area contributed by atoms with Crippen LogP contribution < -0.4 is 11.0 Å². The number of hydrogen-bond donors (Lipinski definition) is 0. The maximum Gasteiger partial charge on any atom is 0.497 e. The van der Waals surface area contributed by atoms with E-state index in [1.165, 1.54) is 0 Å². The largest absolute Gasteiger partial charge is 0.497 e. The lowest BCUT2D eigenvalue weighted by Gasteiger charge is -2.32. The fourth-order valence-electron chi connectivity index (χ4n) is 3.80. The molecule has 6 nitrogen and oxygen atoms in total. The Morgan fingerprint density at radius 2 is 1.87 bits per heavy atom. The molecule has 1 aromatic heterocycles. The predicted octanol–water partition coefficient (Wildman–Crippen LogP) is 2.98. The van der Waals surface area contributed by atoms with Gasteiger partial charge >= 0.3 is 7.12 Å². The van der Waals surface area contributed by atoms with Crippen molar-refractivity contribution in [2.75, 3.05) is 13.2 Å². The summed E-state index contributed by atoms with van der Waals surface area (Å²) < 4.78 is 40.0. The average Bonchev–Trinajstić information content (AvgIpc) is 2.92. The van der Waals surface area contributed by atoms with E-state index >= 15 is 4.39 Å². The Hall–Kier alpha value is -1.74. The van der Waals surface area contributed by atoms with Crippen molar-refractivity contribution in [1.82, 2.24) is 4.57 Å². The summed E-state index contributed by atoms with van der Waals surface area (Å²) in [6.07, 6.45) is 4.43. The van der Waals surface area contributed by atoms with E-state index in [2.05, 4.69) is 0 Å². The highest BCUT2D eigenvalue weighted by Crippen LogP contribution is 2.36. The van der Waals surface area contributed by atoms with Crippen LogP contribution in [0.2, 0.25) is 0 Å². The van der Waals surface area contributed by atoms with Gasteiger partial charge in [-0.1, -0.05) is 6.07 Å². The van der Waals surface area contributed by atoms with E-state index in [-0.39, 0.29) is 17.2 Å². The van der Waals surface area contributed by atoms with E-state index in [1.807, 2.05) is 27.7 Å². The summed E-state index contributed by atoms with van der Waals surface area (Å²) in [7, 11) is -0.814. The van der Waals surface area contributed by atoms with Crippen molar-refractivity contribution >= 4 is 23.4 Å². The fraction of sp³-hybridized carbons (Fsp3) is 0.591. The van der Waals surface area contributed by atoms with Gasteiger partial charge in [-0.25, -0.2) is 4.39 Å². The van der Waals surface area contributed by atoms with Crippen molar-refractivity contribution in [2.24, 2.45) is 0 Å². The molecule has 0 amide bonds. The number of ether oxygens (including phenoxy) is 2. The molecule has 3 heterocycles. The van der Waals surface area contributed by atoms with Gasteiger partial charge in [0, 0.05) is 30.2 Å². The SMILES string of the molecule is CC1(C)OB(c2ccc3c(=O)n(CCOC4CCCCO4)ccc3c2F)OC1(C)C. The molecule has 1 aromatic carbocycles. The lowest BCUT2D eigenvalue weighted by Crippen LogP contribution is -2.41. The molecule has 0 radical (unpaired) electrons. The smallest absolute Gasteiger partial charge is 0.399 e. The summed E-state index contributed by atoms with van der Waals surface area (Å²) in [5.41, 5.74) is -1.08. The Morgan fingerprint density at radius 1 is 1.13 bits per heavy atom. The Balaban J connectivity index is 1.53. The van der Waals surface area contributed by atoms with Crippen LogP contribution in [0.1, 0.15) is 47.0 Å². The van der Waals surface area contributed by atoms with Gasteiger partial charge < -0.3 is 23.3 Å². The Kier molecular flexibility index (Phi) is 5.79. The molecule has 162 valence electrons. The summed E-state index contributed by atoms with van der Waals surface area (Å²) >= 11 is 0. The number of fused-ring (bicyclic) bond motifs is 1. The molecule has 4 rings (SSSR count). The lowest BCUT2D eigenvalue weighted by molar-refractivity contribution is -0.163. The van der Waals surface area contributed by atoms with Gasteiger partial charge in [0.25, 0.3) is 5.56 Å². The molecule has 2 aliphatic rings. The summed E-state index contributed by atoms with van der Waals surface area (Å²) in [5.74, 6) is -0.484. The van der Waals surface area contributed by atoms with Crippen molar-refractivity contribution in [3.05, 3.63) is 40.6 Å². The Labute approximate surface area is 176 Å². The zero-order valence-corrected chi connectivity index (χ0v) is 18.1. The minimum atomic E-state index is -0.814. The molecule has 2 aromatic rings. The molecule has 0 N–H and O–H groups in total. The number of rotatable bonds is 5. The van der Waals surface area contributed by atoms with Crippen LogP contribution in [0.4, 0.5) is 4.39 Å². The third kappa shape index (κ3) is 3.94. The first-order valence-corrected chi connectivity index (χ1v) is 10.6. The molecular weight excluding hydrogens is 388 g/mol. The van der Waals surface area contributed by atoms with Crippen LogP contribution in [0.3, 0.4) is 0 Å². The number of benzene rings is 1. The maximum absolute atomic E-state index is 15.3. The van der Waals surface area contributed by atoms with Gasteiger partial charge in [0.15, 0.2) is 6.29 Å². The number of aromatic nitrogens is 1.